The van der Waals surface area contributed by atoms with Crippen LogP contribution >= 0.6 is 24.0 Å². The monoisotopic (exact) mass is 262 g/mol. The van der Waals surface area contributed by atoms with Crippen molar-refractivity contribution in [2.75, 3.05) is 6.61 Å². The molecule has 0 aliphatic carbocycles. The lowest BCUT2D eigenvalue weighted by Gasteiger charge is -2.05. The molecule has 0 atom stereocenters. The van der Waals surface area contributed by atoms with Crippen molar-refractivity contribution in [1.82, 2.24) is 0 Å². The Morgan fingerprint density at radius 2 is 1.94 bits per heavy atom. The standard InChI is InChI=1S/C14H14OS2/c1-2-15-14(16)17-10-11-7-8-12-5-3-4-6-13(12)9-11/h3-9H,2,10H2,1H3. The summed E-state index contributed by atoms with van der Waals surface area (Å²) in [5.74, 6) is 0.865. The fourth-order valence-electron chi connectivity index (χ4n) is 1.63. The van der Waals surface area contributed by atoms with Gasteiger partial charge in [0.25, 0.3) is 0 Å². The van der Waals surface area contributed by atoms with Crippen molar-refractivity contribution in [2.24, 2.45) is 0 Å². The summed E-state index contributed by atoms with van der Waals surface area (Å²) in [5.41, 5.74) is 1.27. The minimum Gasteiger partial charge on any atom is -0.479 e. The van der Waals surface area contributed by atoms with Crippen LogP contribution in [-0.4, -0.2) is 11.0 Å². The smallest absolute Gasteiger partial charge is 0.220 e. The van der Waals surface area contributed by atoms with Gasteiger partial charge in [-0.1, -0.05) is 54.2 Å². The molecule has 0 saturated heterocycles. The summed E-state index contributed by atoms with van der Waals surface area (Å²) in [4.78, 5) is 0. The molecular weight excluding hydrogens is 248 g/mol. The van der Waals surface area contributed by atoms with E-state index in [1.54, 1.807) is 11.8 Å². The molecule has 0 N–H and O–H groups in total. The van der Waals surface area contributed by atoms with E-state index in [1.807, 2.05) is 6.92 Å². The van der Waals surface area contributed by atoms with Gasteiger partial charge in [0.2, 0.25) is 4.38 Å². The molecule has 0 aromatic heterocycles. The van der Waals surface area contributed by atoms with Gasteiger partial charge in [0.05, 0.1) is 6.61 Å². The van der Waals surface area contributed by atoms with Crippen LogP contribution < -0.4 is 0 Å². The molecule has 88 valence electrons. The Kier molecular flexibility index (Phi) is 4.40. The zero-order valence-electron chi connectivity index (χ0n) is 9.68. The summed E-state index contributed by atoms with van der Waals surface area (Å²) in [6.07, 6.45) is 0. The SMILES string of the molecule is CCOC(=S)SCc1ccc2ccccc2c1. The van der Waals surface area contributed by atoms with Crippen molar-refractivity contribution in [1.29, 1.82) is 0 Å². The summed E-state index contributed by atoms with van der Waals surface area (Å²) >= 11 is 6.66. The van der Waals surface area contributed by atoms with E-state index in [9.17, 15) is 0 Å². The van der Waals surface area contributed by atoms with Gasteiger partial charge in [-0.25, -0.2) is 0 Å². The van der Waals surface area contributed by atoms with Crippen LogP contribution in [0.4, 0.5) is 0 Å². The molecule has 0 aliphatic heterocycles. The van der Waals surface area contributed by atoms with Gasteiger partial charge < -0.3 is 4.74 Å². The molecule has 0 saturated carbocycles. The van der Waals surface area contributed by atoms with Crippen LogP contribution in [-0.2, 0) is 10.5 Å². The number of fused-ring (bicyclic) bond motifs is 1. The summed E-state index contributed by atoms with van der Waals surface area (Å²) in [5, 5.41) is 2.54. The van der Waals surface area contributed by atoms with Crippen molar-refractivity contribution in [2.45, 2.75) is 12.7 Å². The van der Waals surface area contributed by atoms with Crippen molar-refractivity contribution in [3.05, 3.63) is 48.0 Å². The van der Waals surface area contributed by atoms with E-state index < -0.39 is 0 Å². The molecule has 0 spiro atoms. The molecule has 0 radical (unpaired) electrons. The third kappa shape index (κ3) is 3.45. The van der Waals surface area contributed by atoms with E-state index in [1.165, 1.54) is 16.3 Å². The average Bonchev–Trinajstić information content (AvgIpc) is 2.36. The lowest BCUT2D eigenvalue weighted by atomic mass is 10.1. The Balaban J connectivity index is 2.06. The van der Waals surface area contributed by atoms with Crippen LogP contribution in [0, 0.1) is 0 Å². The Morgan fingerprint density at radius 1 is 1.18 bits per heavy atom. The number of thioether (sulfide) groups is 1. The van der Waals surface area contributed by atoms with Gasteiger partial charge in [-0.3, -0.25) is 0 Å². The first-order chi connectivity index (χ1) is 8.29. The second kappa shape index (κ2) is 6.03. The molecule has 2 rings (SSSR count). The van der Waals surface area contributed by atoms with Gasteiger partial charge in [-0.15, -0.1) is 0 Å². The van der Waals surface area contributed by atoms with Crippen LogP contribution in [0.5, 0.6) is 0 Å². The second-order valence-electron chi connectivity index (χ2n) is 3.65. The lowest BCUT2D eigenvalue weighted by Crippen LogP contribution is -1.96. The van der Waals surface area contributed by atoms with Gasteiger partial charge in [-0.05, 0) is 35.5 Å². The minimum absolute atomic E-state index is 0.626. The molecule has 0 heterocycles. The van der Waals surface area contributed by atoms with Crippen molar-refractivity contribution in [3.8, 4) is 0 Å². The molecule has 0 fully saturated rings. The van der Waals surface area contributed by atoms with E-state index >= 15 is 0 Å². The van der Waals surface area contributed by atoms with E-state index in [4.69, 9.17) is 17.0 Å². The number of benzene rings is 2. The molecule has 2 aromatic rings. The molecule has 0 aliphatic rings. The highest BCUT2D eigenvalue weighted by molar-refractivity contribution is 8.22. The van der Waals surface area contributed by atoms with Gasteiger partial charge in [0, 0.05) is 5.75 Å². The predicted molar refractivity (Wildman–Crippen MR) is 79.5 cm³/mol. The highest BCUT2D eigenvalue weighted by Crippen LogP contribution is 2.20. The van der Waals surface area contributed by atoms with Crippen LogP contribution in [0.3, 0.4) is 0 Å². The van der Waals surface area contributed by atoms with Crippen LogP contribution in [0.1, 0.15) is 12.5 Å². The maximum Gasteiger partial charge on any atom is 0.220 e. The van der Waals surface area contributed by atoms with E-state index in [2.05, 4.69) is 42.5 Å². The maximum absolute atomic E-state index is 5.25. The topological polar surface area (TPSA) is 9.23 Å². The number of ether oxygens (including phenoxy) is 1. The summed E-state index contributed by atoms with van der Waals surface area (Å²) in [7, 11) is 0. The van der Waals surface area contributed by atoms with Gasteiger partial charge >= 0.3 is 0 Å². The van der Waals surface area contributed by atoms with Gasteiger partial charge in [-0.2, -0.15) is 0 Å². The summed E-state index contributed by atoms with van der Waals surface area (Å²) < 4.78 is 5.87. The molecule has 0 bridgehead atoms. The Hall–Kier alpha value is -1.06. The molecule has 3 heteroatoms. The average molecular weight is 262 g/mol. The van der Waals surface area contributed by atoms with Crippen LogP contribution in [0.15, 0.2) is 42.5 Å². The predicted octanol–water partition coefficient (Wildman–Crippen LogP) is 4.39. The fourth-order valence-corrected chi connectivity index (χ4v) is 2.59. The first kappa shape index (κ1) is 12.4. The largest absolute Gasteiger partial charge is 0.479 e. The Bertz CT molecular complexity index is 522. The molecule has 0 unspecified atom stereocenters. The first-order valence-electron chi connectivity index (χ1n) is 5.57. The van der Waals surface area contributed by atoms with E-state index in [-0.39, 0.29) is 0 Å². The Morgan fingerprint density at radius 3 is 2.71 bits per heavy atom. The van der Waals surface area contributed by atoms with Crippen LogP contribution in [0.2, 0.25) is 0 Å². The second-order valence-corrected chi connectivity index (χ2v) is 5.23. The first-order valence-corrected chi connectivity index (χ1v) is 6.96. The molecule has 0 amide bonds. The van der Waals surface area contributed by atoms with Crippen molar-refractivity contribution >= 4 is 39.1 Å². The number of rotatable bonds is 3. The fraction of sp³-hybridized carbons (Fsp3) is 0.214. The molecule has 2 aromatic carbocycles. The number of hydrogen-bond donors (Lipinski definition) is 0. The van der Waals surface area contributed by atoms with Gasteiger partial charge in [0.15, 0.2) is 0 Å². The summed E-state index contributed by atoms with van der Waals surface area (Å²) in [6, 6.07) is 14.9. The maximum atomic E-state index is 5.25. The number of thiocarbonyl (C=S) groups is 1. The normalized spacial score (nSPS) is 10.4. The highest BCUT2D eigenvalue weighted by Gasteiger charge is 2.00. The number of hydrogen-bond acceptors (Lipinski definition) is 3. The Labute approximate surface area is 111 Å². The van der Waals surface area contributed by atoms with Crippen molar-refractivity contribution in [3.63, 3.8) is 0 Å². The molecule has 1 nitrogen and oxygen atoms in total. The highest BCUT2D eigenvalue weighted by atomic mass is 32.2. The molecule has 17 heavy (non-hydrogen) atoms. The third-order valence-corrected chi connectivity index (χ3v) is 3.74. The quantitative estimate of drug-likeness (QED) is 0.759. The lowest BCUT2D eigenvalue weighted by molar-refractivity contribution is 0.346. The van der Waals surface area contributed by atoms with Crippen molar-refractivity contribution < 1.29 is 4.74 Å². The third-order valence-electron chi connectivity index (χ3n) is 2.43. The molecular formula is C14H14OS2. The van der Waals surface area contributed by atoms with Crippen LogP contribution in [0.25, 0.3) is 10.8 Å². The summed E-state index contributed by atoms with van der Waals surface area (Å²) in [6.45, 7) is 2.59. The van der Waals surface area contributed by atoms with E-state index in [0.29, 0.717) is 11.0 Å². The van der Waals surface area contributed by atoms with E-state index in [0.717, 1.165) is 5.75 Å². The zero-order chi connectivity index (χ0) is 12.1. The minimum atomic E-state index is 0.626. The zero-order valence-corrected chi connectivity index (χ0v) is 11.3. The van der Waals surface area contributed by atoms with Gasteiger partial charge in [0.1, 0.15) is 0 Å².